The summed E-state index contributed by atoms with van der Waals surface area (Å²) in [6.45, 7) is 0.401. The number of benzene rings is 2. The number of nitrogens with one attached hydrogen (secondary N) is 1. The Morgan fingerprint density at radius 2 is 1.58 bits per heavy atom. The lowest BCUT2D eigenvalue weighted by Crippen LogP contribution is -2.35. The minimum atomic E-state index is 0.0224. The summed E-state index contributed by atoms with van der Waals surface area (Å²) in [4.78, 5) is 12.7. The molecule has 1 N–H and O–H groups in total. The van der Waals surface area contributed by atoms with Crippen molar-refractivity contribution in [2.45, 2.75) is 51.2 Å². The quantitative estimate of drug-likeness (QED) is 0.809. The van der Waals surface area contributed by atoms with Gasteiger partial charge in [-0.3, -0.25) is 4.79 Å². The fourth-order valence-electron chi connectivity index (χ4n) is 3.23. The van der Waals surface area contributed by atoms with Crippen molar-refractivity contribution in [3.8, 4) is 5.75 Å². The van der Waals surface area contributed by atoms with Crippen LogP contribution in [0.5, 0.6) is 5.75 Å². The molecule has 2 aromatic carbocycles. The standard InChI is InChI=1S/C21H25NO2/c23-21(22-18-11-4-1-2-5-12-18)20-15-9-8-10-17(20)16-24-19-13-6-3-7-14-19/h3,6-10,13-15,18H,1-2,4-5,11-12,16H2,(H,22,23). The van der Waals surface area contributed by atoms with E-state index in [4.69, 9.17) is 4.74 Å². The summed E-state index contributed by atoms with van der Waals surface area (Å²) in [5.41, 5.74) is 1.64. The average molecular weight is 323 g/mol. The van der Waals surface area contributed by atoms with Crippen molar-refractivity contribution in [2.75, 3.05) is 0 Å². The molecule has 3 heteroatoms. The molecule has 2 aromatic rings. The molecule has 0 bridgehead atoms. The van der Waals surface area contributed by atoms with E-state index in [1.165, 1.54) is 25.7 Å². The summed E-state index contributed by atoms with van der Waals surface area (Å²) in [7, 11) is 0. The Morgan fingerprint density at radius 3 is 2.33 bits per heavy atom. The third kappa shape index (κ3) is 4.60. The highest BCUT2D eigenvalue weighted by molar-refractivity contribution is 5.95. The lowest BCUT2D eigenvalue weighted by molar-refractivity contribution is 0.0931. The monoisotopic (exact) mass is 323 g/mol. The first-order valence-electron chi connectivity index (χ1n) is 8.89. The summed E-state index contributed by atoms with van der Waals surface area (Å²) in [6, 6.07) is 17.7. The smallest absolute Gasteiger partial charge is 0.251 e. The van der Waals surface area contributed by atoms with Crippen LogP contribution in [0.1, 0.15) is 54.4 Å². The van der Waals surface area contributed by atoms with Crippen molar-refractivity contribution in [3.63, 3.8) is 0 Å². The molecule has 3 nitrogen and oxygen atoms in total. The average Bonchev–Trinajstić information content (AvgIpc) is 2.90. The van der Waals surface area contributed by atoms with Crippen LogP contribution in [0.4, 0.5) is 0 Å². The minimum absolute atomic E-state index is 0.0224. The summed E-state index contributed by atoms with van der Waals surface area (Å²) in [5.74, 6) is 0.839. The molecule has 126 valence electrons. The number of carbonyl (C=O) groups is 1. The Hall–Kier alpha value is -2.29. The van der Waals surface area contributed by atoms with E-state index >= 15 is 0 Å². The fraction of sp³-hybridized carbons (Fsp3) is 0.381. The van der Waals surface area contributed by atoms with Crippen molar-refractivity contribution in [1.82, 2.24) is 5.32 Å². The molecule has 0 aliphatic heterocycles. The zero-order chi connectivity index (χ0) is 16.6. The fourth-order valence-corrected chi connectivity index (χ4v) is 3.23. The largest absolute Gasteiger partial charge is 0.489 e. The van der Waals surface area contributed by atoms with Gasteiger partial charge in [0.2, 0.25) is 0 Å². The van der Waals surface area contributed by atoms with Crippen molar-refractivity contribution >= 4 is 5.91 Å². The molecule has 0 atom stereocenters. The van der Waals surface area contributed by atoms with Gasteiger partial charge in [0.25, 0.3) is 5.91 Å². The first kappa shape index (κ1) is 16.6. The topological polar surface area (TPSA) is 38.3 Å². The predicted octanol–water partition coefficient (Wildman–Crippen LogP) is 4.72. The molecule has 24 heavy (non-hydrogen) atoms. The Bertz CT molecular complexity index is 646. The third-order valence-electron chi connectivity index (χ3n) is 4.59. The number of hydrogen-bond donors (Lipinski definition) is 1. The van der Waals surface area contributed by atoms with Crippen LogP contribution in [0.2, 0.25) is 0 Å². The Balaban J connectivity index is 1.65. The zero-order valence-corrected chi connectivity index (χ0v) is 14.0. The second-order valence-electron chi connectivity index (χ2n) is 6.42. The van der Waals surface area contributed by atoms with E-state index in [1.54, 1.807) is 0 Å². The molecule has 0 radical (unpaired) electrons. The molecule has 1 fully saturated rings. The SMILES string of the molecule is O=C(NC1CCCCCC1)c1ccccc1COc1ccccc1. The first-order valence-corrected chi connectivity index (χ1v) is 8.89. The van der Waals surface area contributed by atoms with Crippen LogP contribution in [0, 0.1) is 0 Å². The second-order valence-corrected chi connectivity index (χ2v) is 6.42. The van der Waals surface area contributed by atoms with E-state index in [1.807, 2.05) is 54.6 Å². The normalized spacial score (nSPS) is 15.5. The maximum absolute atomic E-state index is 12.7. The van der Waals surface area contributed by atoms with Gasteiger partial charge in [-0.25, -0.2) is 0 Å². The molecule has 0 spiro atoms. The summed E-state index contributed by atoms with van der Waals surface area (Å²) < 4.78 is 5.81. The lowest BCUT2D eigenvalue weighted by atomic mass is 10.1. The van der Waals surface area contributed by atoms with Crippen LogP contribution in [0.15, 0.2) is 54.6 Å². The molecular weight excluding hydrogens is 298 g/mol. The number of rotatable bonds is 5. The first-order chi connectivity index (χ1) is 11.8. The predicted molar refractivity (Wildman–Crippen MR) is 96.2 cm³/mol. The number of amides is 1. The van der Waals surface area contributed by atoms with Crippen LogP contribution in [-0.4, -0.2) is 11.9 Å². The zero-order valence-electron chi connectivity index (χ0n) is 14.0. The van der Waals surface area contributed by atoms with E-state index in [-0.39, 0.29) is 5.91 Å². The van der Waals surface area contributed by atoms with Crippen LogP contribution in [0.25, 0.3) is 0 Å². The molecule has 0 unspecified atom stereocenters. The van der Waals surface area contributed by atoms with Crippen molar-refractivity contribution in [1.29, 1.82) is 0 Å². The highest BCUT2D eigenvalue weighted by Crippen LogP contribution is 2.19. The van der Waals surface area contributed by atoms with Gasteiger partial charge in [0, 0.05) is 17.2 Å². The lowest BCUT2D eigenvalue weighted by Gasteiger charge is -2.18. The van der Waals surface area contributed by atoms with Crippen LogP contribution in [0.3, 0.4) is 0 Å². The van der Waals surface area contributed by atoms with Crippen molar-refractivity contribution < 1.29 is 9.53 Å². The molecule has 3 rings (SSSR count). The summed E-state index contributed by atoms with van der Waals surface area (Å²) in [5, 5.41) is 3.22. The Morgan fingerprint density at radius 1 is 0.917 bits per heavy atom. The molecular formula is C21H25NO2. The number of ether oxygens (including phenoxy) is 1. The summed E-state index contributed by atoms with van der Waals surface area (Å²) >= 11 is 0. The maximum atomic E-state index is 12.7. The van der Waals surface area contributed by atoms with Gasteiger partial charge < -0.3 is 10.1 Å². The van der Waals surface area contributed by atoms with Gasteiger partial charge in [-0.15, -0.1) is 0 Å². The van der Waals surface area contributed by atoms with Crippen molar-refractivity contribution in [2.24, 2.45) is 0 Å². The Kier molecular flexibility index (Phi) is 5.89. The Labute approximate surface area is 144 Å². The second kappa shape index (κ2) is 8.53. The highest BCUT2D eigenvalue weighted by atomic mass is 16.5. The van der Waals surface area contributed by atoms with Gasteiger partial charge in [-0.2, -0.15) is 0 Å². The highest BCUT2D eigenvalue weighted by Gasteiger charge is 2.17. The van der Waals surface area contributed by atoms with Gasteiger partial charge in [0.05, 0.1) is 0 Å². The number of hydrogen-bond acceptors (Lipinski definition) is 2. The molecule has 1 amide bonds. The molecule has 1 saturated carbocycles. The minimum Gasteiger partial charge on any atom is -0.489 e. The van der Waals surface area contributed by atoms with E-state index in [0.29, 0.717) is 12.6 Å². The van der Waals surface area contributed by atoms with E-state index in [0.717, 1.165) is 29.7 Å². The third-order valence-corrected chi connectivity index (χ3v) is 4.59. The van der Waals surface area contributed by atoms with E-state index in [9.17, 15) is 4.79 Å². The molecule has 1 aliphatic carbocycles. The van der Waals surface area contributed by atoms with Gasteiger partial charge in [0.15, 0.2) is 0 Å². The molecule has 0 heterocycles. The molecule has 0 aromatic heterocycles. The van der Waals surface area contributed by atoms with Gasteiger partial charge in [-0.05, 0) is 31.0 Å². The molecule has 0 saturated heterocycles. The van der Waals surface area contributed by atoms with E-state index < -0.39 is 0 Å². The van der Waals surface area contributed by atoms with Crippen molar-refractivity contribution in [3.05, 3.63) is 65.7 Å². The van der Waals surface area contributed by atoms with Crippen LogP contribution >= 0.6 is 0 Å². The maximum Gasteiger partial charge on any atom is 0.251 e. The van der Waals surface area contributed by atoms with Gasteiger partial charge >= 0.3 is 0 Å². The van der Waals surface area contributed by atoms with Gasteiger partial charge in [-0.1, -0.05) is 62.1 Å². The van der Waals surface area contributed by atoms with Crippen LogP contribution in [-0.2, 0) is 6.61 Å². The van der Waals surface area contributed by atoms with Gasteiger partial charge in [0.1, 0.15) is 12.4 Å². The van der Waals surface area contributed by atoms with Crippen LogP contribution < -0.4 is 10.1 Å². The molecule has 1 aliphatic rings. The summed E-state index contributed by atoms with van der Waals surface area (Å²) in [6.07, 6.45) is 7.18. The van der Waals surface area contributed by atoms with E-state index in [2.05, 4.69) is 5.32 Å². The number of para-hydroxylation sites is 1. The number of carbonyl (C=O) groups excluding carboxylic acids is 1.